The highest BCUT2D eigenvalue weighted by atomic mass is 16.3. The van der Waals surface area contributed by atoms with Crippen molar-refractivity contribution in [1.29, 1.82) is 5.26 Å². The zero-order chi connectivity index (χ0) is 19.0. The summed E-state index contributed by atoms with van der Waals surface area (Å²) in [6, 6.07) is 16.1. The molecule has 2 aromatic rings. The number of benzene rings is 2. The molecule has 3 heteroatoms. The quantitative estimate of drug-likeness (QED) is 0.498. The van der Waals surface area contributed by atoms with Crippen molar-refractivity contribution in [2.45, 2.75) is 32.3 Å². The molecular weight excluding hydrogens is 322 g/mol. The molecule has 0 fully saturated rings. The van der Waals surface area contributed by atoms with Gasteiger partial charge in [-0.1, -0.05) is 43.9 Å². The van der Waals surface area contributed by atoms with Crippen LogP contribution in [0.3, 0.4) is 0 Å². The second kappa shape index (κ2) is 8.81. The van der Waals surface area contributed by atoms with Crippen LogP contribution in [-0.4, -0.2) is 16.5 Å². The van der Waals surface area contributed by atoms with E-state index in [1.165, 1.54) is 6.08 Å². The Morgan fingerprint density at radius 3 is 2.15 bits per heavy atom. The van der Waals surface area contributed by atoms with Crippen LogP contribution in [0.25, 0.3) is 6.08 Å². The molecular formula is C23H21NO2. The fourth-order valence-corrected chi connectivity index (χ4v) is 2.27. The molecule has 0 bridgehead atoms. The maximum absolute atomic E-state index is 12.2. The van der Waals surface area contributed by atoms with Crippen LogP contribution in [0.5, 0.6) is 0 Å². The molecule has 0 amide bonds. The van der Waals surface area contributed by atoms with Crippen LogP contribution in [0, 0.1) is 23.2 Å². The Morgan fingerprint density at radius 1 is 1.04 bits per heavy atom. The first-order valence-corrected chi connectivity index (χ1v) is 8.58. The van der Waals surface area contributed by atoms with Crippen LogP contribution in [0.1, 0.15) is 53.7 Å². The lowest BCUT2D eigenvalue weighted by Crippen LogP contribution is -2.23. The molecule has 0 aliphatic carbocycles. The number of nitrogens with zero attached hydrogens (tertiary/aromatic N) is 1. The van der Waals surface area contributed by atoms with E-state index in [0.29, 0.717) is 24.0 Å². The second-order valence-electron chi connectivity index (χ2n) is 6.00. The lowest BCUT2D eigenvalue weighted by molar-refractivity contribution is 0.0931. The van der Waals surface area contributed by atoms with Gasteiger partial charge in [-0.3, -0.25) is 4.79 Å². The summed E-state index contributed by atoms with van der Waals surface area (Å²) in [6.07, 6.45) is 4.38. The minimum absolute atomic E-state index is 0.104. The average Bonchev–Trinajstić information content (AvgIpc) is 2.71. The molecule has 3 nitrogen and oxygen atoms in total. The molecule has 2 rings (SSSR count). The van der Waals surface area contributed by atoms with Gasteiger partial charge in [-0.25, -0.2) is 0 Å². The molecule has 26 heavy (non-hydrogen) atoms. The number of rotatable bonds is 5. The molecule has 0 atom stereocenters. The predicted molar refractivity (Wildman–Crippen MR) is 103 cm³/mol. The van der Waals surface area contributed by atoms with Crippen LogP contribution in [-0.2, 0) is 0 Å². The van der Waals surface area contributed by atoms with Crippen molar-refractivity contribution >= 4 is 11.9 Å². The van der Waals surface area contributed by atoms with E-state index in [4.69, 9.17) is 5.26 Å². The first-order chi connectivity index (χ1) is 12.5. The molecule has 130 valence electrons. The fourth-order valence-electron chi connectivity index (χ4n) is 2.27. The van der Waals surface area contributed by atoms with Crippen molar-refractivity contribution in [2.24, 2.45) is 0 Å². The third-order valence-corrected chi connectivity index (χ3v) is 4.25. The summed E-state index contributed by atoms with van der Waals surface area (Å²) < 4.78 is 0. The van der Waals surface area contributed by atoms with Crippen molar-refractivity contribution in [3.05, 3.63) is 76.9 Å². The van der Waals surface area contributed by atoms with Crippen molar-refractivity contribution in [1.82, 2.24) is 0 Å². The zero-order valence-corrected chi connectivity index (χ0v) is 15.0. The van der Waals surface area contributed by atoms with Gasteiger partial charge in [0, 0.05) is 11.1 Å². The Hall–Kier alpha value is -3.14. The molecule has 0 saturated carbocycles. The van der Waals surface area contributed by atoms with Gasteiger partial charge >= 0.3 is 0 Å². The van der Waals surface area contributed by atoms with Gasteiger partial charge in [0.2, 0.25) is 0 Å². The Kier molecular flexibility index (Phi) is 6.50. The van der Waals surface area contributed by atoms with Crippen LogP contribution in [0.4, 0.5) is 0 Å². The summed E-state index contributed by atoms with van der Waals surface area (Å²) in [7, 11) is 0. The maximum Gasteiger partial charge on any atom is 0.185 e. The Bertz CT molecular complexity index is 884. The number of carbonyl (C=O) groups excluding carboxylic acids is 1. The fraction of sp³-hybridized carbons (Fsp3) is 0.217. The zero-order valence-electron chi connectivity index (χ0n) is 15.0. The molecule has 0 saturated heterocycles. The van der Waals surface area contributed by atoms with Gasteiger partial charge in [-0.2, -0.15) is 5.26 Å². The smallest absolute Gasteiger partial charge is 0.185 e. The molecule has 0 aliphatic rings. The van der Waals surface area contributed by atoms with Crippen molar-refractivity contribution in [2.75, 3.05) is 0 Å². The highest BCUT2D eigenvalue weighted by Gasteiger charge is 2.17. The average molecular weight is 343 g/mol. The van der Waals surface area contributed by atoms with Gasteiger partial charge in [0.25, 0.3) is 0 Å². The number of nitriles is 1. The van der Waals surface area contributed by atoms with E-state index in [0.717, 1.165) is 11.1 Å². The van der Waals surface area contributed by atoms with Gasteiger partial charge in [0.1, 0.15) is 5.60 Å². The summed E-state index contributed by atoms with van der Waals surface area (Å²) in [6.45, 7) is 3.81. The van der Waals surface area contributed by atoms with Gasteiger partial charge in [-0.05, 0) is 60.9 Å². The minimum atomic E-state index is -0.960. The Labute approximate surface area is 154 Å². The maximum atomic E-state index is 12.2. The van der Waals surface area contributed by atoms with Gasteiger partial charge < -0.3 is 5.11 Å². The van der Waals surface area contributed by atoms with Crippen LogP contribution >= 0.6 is 0 Å². The van der Waals surface area contributed by atoms with Gasteiger partial charge in [-0.15, -0.1) is 0 Å². The van der Waals surface area contributed by atoms with E-state index < -0.39 is 5.60 Å². The highest BCUT2D eigenvalue weighted by Crippen LogP contribution is 2.14. The number of allylic oxidation sites excluding steroid dienone is 1. The molecule has 1 N–H and O–H groups in total. The van der Waals surface area contributed by atoms with Crippen LogP contribution < -0.4 is 0 Å². The number of aliphatic hydroxyl groups is 1. The lowest BCUT2D eigenvalue weighted by Gasteiger charge is -2.16. The Balaban J connectivity index is 2.08. The highest BCUT2D eigenvalue weighted by molar-refractivity contribution is 6.06. The van der Waals surface area contributed by atoms with Gasteiger partial charge in [0.05, 0.1) is 11.6 Å². The summed E-state index contributed by atoms with van der Waals surface area (Å²) in [5.74, 6) is 5.76. The number of hydrogen-bond acceptors (Lipinski definition) is 3. The summed E-state index contributed by atoms with van der Waals surface area (Å²) in [4.78, 5) is 12.2. The summed E-state index contributed by atoms with van der Waals surface area (Å²) in [5, 5.41) is 19.0. The van der Waals surface area contributed by atoms with Crippen molar-refractivity contribution in [3.63, 3.8) is 0 Å². The Morgan fingerprint density at radius 2 is 1.62 bits per heavy atom. The molecule has 0 aliphatic heterocycles. The number of carbonyl (C=O) groups is 1. The second-order valence-corrected chi connectivity index (χ2v) is 6.00. The molecule has 0 spiro atoms. The van der Waals surface area contributed by atoms with E-state index in [9.17, 15) is 9.90 Å². The SMILES string of the molecule is CCC(O)(C#Cc1ccc(C(=O)C=Cc2ccc(C#N)cc2)cc1)CC. The lowest BCUT2D eigenvalue weighted by atomic mass is 9.98. The molecule has 0 unspecified atom stereocenters. The van der Waals surface area contributed by atoms with E-state index in [1.54, 1.807) is 54.6 Å². The summed E-state index contributed by atoms with van der Waals surface area (Å²) >= 11 is 0. The van der Waals surface area contributed by atoms with E-state index in [2.05, 4.69) is 17.9 Å². The van der Waals surface area contributed by atoms with Crippen molar-refractivity contribution in [3.8, 4) is 17.9 Å². The predicted octanol–water partition coefficient (Wildman–Crippen LogP) is 4.36. The normalized spacial score (nSPS) is 10.8. The standard InChI is InChI=1S/C23H21NO2/c1-3-23(26,4-2)16-15-19-9-12-21(13-10-19)22(25)14-11-18-5-7-20(17-24)8-6-18/h5-14,26H,3-4H2,1-2H3. The first kappa shape index (κ1) is 19.2. The summed E-state index contributed by atoms with van der Waals surface area (Å²) in [5.41, 5.74) is 1.82. The van der Waals surface area contributed by atoms with Crippen LogP contribution in [0.2, 0.25) is 0 Å². The monoisotopic (exact) mass is 343 g/mol. The van der Waals surface area contributed by atoms with Gasteiger partial charge in [0.15, 0.2) is 5.78 Å². The van der Waals surface area contributed by atoms with E-state index in [-0.39, 0.29) is 5.78 Å². The van der Waals surface area contributed by atoms with E-state index in [1.807, 2.05) is 13.8 Å². The van der Waals surface area contributed by atoms with E-state index >= 15 is 0 Å². The molecule has 2 aromatic carbocycles. The van der Waals surface area contributed by atoms with Crippen LogP contribution in [0.15, 0.2) is 54.6 Å². The number of hydrogen-bond donors (Lipinski definition) is 1. The third kappa shape index (κ3) is 5.18. The largest absolute Gasteiger partial charge is 0.378 e. The topological polar surface area (TPSA) is 61.1 Å². The first-order valence-electron chi connectivity index (χ1n) is 8.58. The minimum Gasteiger partial charge on any atom is -0.378 e. The molecule has 0 heterocycles. The molecule has 0 aromatic heterocycles. The van der Waals surface area contributed by atoms with Crippen molar-refractivity contribution < 1.29 is 9.90 Å². The molecule has 0 radical (unpaired) electrons. The number of ketones is 1. The third-order valence-electron chi connectivity index (χ3n) is 4.25.